The van der Waals surface area contributed by atoms with Gasteiger partial charge in [0.05, 0.1) is 31.8 Å². The van der Waals surface area contributed by atoms with Gasteiger partial charge in [-0.15, -0.1) is 0 Å². The van der Waals surface area contributed by atoms with E-state index in [-0.39, 0.29) is 23.9 Å². The van der Waals surface area contributed by atoms with Crippen LogP contribution in [0.25, 0.3) is 0 Å². The molecule has 2 aromatic rings. The van der Waals surface area contributed by atoms with Gasteiger partial charge in [0.15, 0.2) is 5.78 Å². The van der Waals surface area contributed by atoms with Crippen LogP contribution in [0, 0.1) is 0 Å². The summed E-state index contributed by atoms with van der Waals surface area (Å²) in [4.78, 5) is 23.3. The maximum atomic E-state index is 11.7. The zero-order valence-corrected chi connectivity index (χ0v) is 17.2. The summed E-state index contributed by atoms with van der Waals surface area (Å²) in [5.74, 6) is 0.677. The molecule has 29 heavy (non-hydrogen) atoms. The number of rotatable bonds is 11. The number of phenolic OH excluding ortho intramolecular Hbond substituents is 1. The fraction of sp³-hybridized carbons (Fsp3) is 0.391. The van der Waals surface area contributed by atoms with Crippen LogP contribution in [0.4, 0.5) is 0 Å². The topological polar surface area (TPSA) is 82.1 Å². The monoisotopic (exact) mass is 400 g/mol. The number of ether oxygens (including phenoxy) is 3. The van der Waals surface area contributed by atoms with Gasteiger partial charge >= 0.3 is 5.97 Å². The fourth-order valence-electron chi connectivity index (χ4n) is 2.89. The third-order valence-electron chi connectivity index (χ3n) is 4.36. The summed E-state index contributed by atoms with van der Waals surface area (Å²) in [6.45, 7) is 6.32. The summed E-state index contributed by atoms with van der Waals surface area (Å²) in [6.07, 6.45) is 1.47. The molecule has 0 amide bonds. The van der Waals surface area contributed by atoms with E-state index in [9.17, 15) is 14.7 Å². The van der Waals surface area contributed by atoms with Gasteiger partial charge in [0.2, 0.25) is 0 Å². The zero-order chi connectivity index (χ0) is 21.2. The highest BCUT2D eigenvalue weighted by atomic mass is 16.5. The Balaban J connectivity index is 1.89. The molecular formula is C23H28O6. The van der Waals surface area contributed by atoms with Gasteiger partial charge in [-0.2, -0.15) is 0 Å². The summed E-state index contributed by atoms with van der Waals surface area (Å²) in [5.41, 5.74) is 1.95. The van der Waals surface area contributed by atoms with Gasteiger partial charge in [-0.1, -0.05) is 25.1 Å². The van der Waals surface area contributed by atoms with E-state index in [1.54, 1.807) is 13.0 Å². The Morgan fingerprint density at radius 2 is 1.66 bits per heavy atom. The lowest BCUT2D eigenvalue weighted by Crippen LogP contribution is -2.10. The van der Waals surface area contributed by atoms with Crippen LogP contribution in [-0.2, 0) is 22.4 Å². The van der Waals surface area contributed by atoms with Crippen LogP contribution >= 0.6 is 0 Å². The first-order valence-corrected chi connectivity index (χ1v) is 9.82. The Hall–Kier alpha value is -3.02. The Labute approximate surface area is 171 Å². The molecule has 0 saturated heterocycles. The standard InChI is InChI=1S/C23H28O6/c1-4-17-13-19(16(3)24)20(25)15-22(17)29-12-8-11-28-21-10-7-6-9-18(21)14-23(26)27-5-2/h6-7,9-10,13,15,25H,4-5,8,11-12,14H2,1-3H3. The molecular weight excluding hydrogens is 372 g/mol. The van der Waals surface area contributed by atoms with Crippen molar-refractivity contribution < 1.29 is 28.9 Å². The lowest BCUT2D eigenvalue weighted by Gasteiger charge is -2.14. The summed E-state index contributed by atoms with van der Waals surface area (Å²) in [5, 5.41) is 10.0. The minimum absolute atomic E-state index is 0.0751. The summed E-state index contributed by atoms with van der Waals surface area (Å²) in [6, 6.07) is 10.5. The van der Waals surface area contributed by atoms with Crippen LogP contribution in [0.5, 0.6) is 17.2 Å². The number of benzene rings is 2. The Bertz CT molecular complexity index is 843. The van der Waals surface area contributed by atoms with E-state index in [1.807, 2.05) is 31.2 Å². The number of carbonyl (C=O) groups excluding carboxylic acids is 2. The average Bonchev–Trinajstić information content (AvgIpc) is 2.69. The van der Waals surface area contributed by atoms with Crippen molar-refractivity contribution in [2.75, 3.05) is 19.8 Å². The predicted octanol–water partition coefficient (Wildman–Crippen LogP) is 4.11. The van der Waals surface area contributed by atoms with Crippen LogP contribution in [0.15, 0.2) is 36.4 Å². The number of hydrogen-bond acceptors (Lipinski definition) is 6. The van der Waals surface area contributed by atoms with Crippen molar-refractivity contribution in [3.8, 4) is 17.2 Å². The molecule has 0 spiro atoms. The minimum Gasteiger partial charge on any atom is -0.507 e. The molecule has 0 unspecified atom stereocenters. The highest BCUT2D eigenvalue weighted by molar-refractivity contribution is 5.97. The van der Waals surface area contributed by atoms with Crippen molar-refractivity contribution in [2.24, 2.45) is 0 Å². The third-order valence-corrected chi connectivity index (χ3v) is 4.36. The zero-order valence-electron chi connectivity index (χ0n) is 17.2. The molecule has 0 saturated carbocycles. The number of esters is 1. The van der Waals surface area contributed by atoms with Crippen LogP contribution in [0.1, 0.15) is 48.7 Å². The predicted molar refractivity (Wildman–Crippen MR) is 110 cm³/mol. The second-order valence-electron chi connectivity index (χ2n) is 6.53. The van der Waals surface area contributed by atoms with E-state index in [4.69, 9.17) is 14.2 Å². The van der Waals surface area contributed by atoms with Crippen molar-refractivity contribution in [3.05, 3.63) is 53.1 Å². The number of hydrogen-bond donors (Lipinski definition) is 1. The Kier molecular flexibility index (Phi) is 8.52. The number of para-hydroxylation sites is 1. The number of aryl methyl sites for hydroxylation is 1. The first kappa shape index (κ1) is 22.3. The third kappa shape index (κ3) is 6.52. The van der Waals surface area contributed by atoms with E-state index in [0.717, 1.165) is 11.1 Å². The molecule has 0 bridgehead atoms. The van der Waals surface area contributed by atoms with Gasteiger partial charge in [-0.25, -0.2) is 0 Å². The molecule has 6 heteroatoms. The van der Waals surface area contributed by atoms with E-state index in [1.165, 1.54) is 13.0 Å². The average molecular weight is 400 g/mol. The number of aromatic hydroxyl groups is 1. The first-order chi connectivity index (χ1) is 14.0. The number of ketones is 1. The van der Waals surface area contributed by atoms with Gasteiger partial charge in [0.1, 0.15) is 17.2 Å². The molecule has 0 radical (unpaired) electrons. The van der Waals surface area contributed by atoms with Gasteiger partial charge in [-0.05, 0) is 38.0 Å². The molecule has 2 rings (SSSR count). The van der Waals surface area contributed by atoms with Crippen molar-refractivity contribution in [3.63, 3.8) is 0 Å². The lowest BCUT2D eigenvalue weighted by molar-refractivity contribution is -0.142. The molecule has 0 aromatic heterocycles. The van der Waals surface area contributed by atoms with E-state index >= 15 is 0 Å². The van der Waals surface area contributed by atoms with Crippen molar-refractivity contribution in [2.45, 2.75) is 40.0 Å². The van der Waals surface area contributed by atoms with Crippen LogP contribution in [-0.4, -0.2) is 36.7 Å². The molecule has 0 aliphatic rings. The second kappa shape index (κ2) is 11.1. The van der Waals surface area contributed by atoms with Gasteiger partial charge in [0.25, 0.3) is 0 Å². The molecule has 0 aliphatic heterocycles. The maximum absolute atomic E-state index is 11.7. The summed E-state index contributed by atoms with van der Waals surface area (Å²) in [7, 11) is 0. The van der Waals surface area contributed by atoms with Gasteiger partial charge < -0.3 is 19.3 Å². The van der Waals surface area contributed by atoms with E-state index in [2.05, 4.69) is 0 Å². The molecule has 0 heterocycles. The van der Waals surface area contributed by atoms with E-state index in [0.29, 0.717) is 49.7 Å². The van der Waals surface area contributed by atoms with Crippen molar-refractivity contribution in [1.29, 1.82) is 0 Å². The fourth-order valence-corrected chi connectivity index (χ4v) is 2.89. The molecule has 2 aromatic carbocycles. The lowest BCUT2D eigenvalue weighted by atomic mass is 10.0. The van der Waals surface area contributed by atoms with Crippen LogP contribution in [0.3, 0.4) is 0 Å². The van der Waals surface area contributed by atoms with Crippen LogP contribution in [0.2, 0.25) is 0 Å². The highest BCUT2D eigenvalue weighted by Crippen LogP contribution is 2.29. The number of phenols is 1. The first-order valence-electron chi connectivity index (χ1n) is 9.82. The van der Waals surface area contributed by atoms with E-state index < -0.39 is 0 Å². The molecule has 156 valence electrons. The van der Waals surface area contributed by atoms with Gasteiger partial charge in [0, 0.05) is 18.1 Å². The Morgan fingerprint density at radius 1 is 0.966 bits per heavy atom. The molecule has 0 atom stereocenters. The van der Waals surface area contributed by atoms with Crippen molar-refractivity contribution in [1.82, 2.24) is 0 Å². The molecule has 0 aliphatic carbocycles. The SMILES string of the molecule is CCOC(=O)Cc1ccccc1OCCCOc1cc(O)c(C(C)=O)cc1CC. The molecule has 1 N–H and O–H groups in total. The second-order valence-corrected chi connectivity index (χ2v) is 6.53. The molecule has 6 nitrogen and oxygen atoms in total. The van der Waals surface area contributed by atoms with Gasteiger partial charge in [-0.3, -0.25) is 9.59 Å². The highest BCUT2D eigenvalue weighted by Gasteiger charge is 2.13. The largest absolute Gasteiger partial charge is 0.507 e. The maximum Gasteiger partial charge on any atom is 0.310 e. The van der Waals surface area contributed by atoms with Crippen molar-refractivity contribution >= 4 is 11.8 Å². The normalized spacial score (nSPS) is 10.4. The smallest absolute Gasteiger partial charge is 0.310 e. The minimum atomic E-state index is -0.284. The number of carbonyl (C=O) groups is 2. The summed E-state index contributed by atoms with van der Waals surface area (Å²) >= 11 is 0. The number of Topliss-reactive ketones (excluding diaryl/α,β-unsaturated/α-hetero) is 1. The quantitative estimate of drug-likeness (QED) is 0.347. The Morgan fingerprint density at radius 3 is 2.31 bits per heavy atom. The summed E-state index contributed by atoms with van der Waals surface area (Å²) < 4.78 is 16.6. The molecule has 0 fully saturated rings. The van der Waals surface area contributed by atoms with Crippen LogP contribution < -0.4 is 9.47 Å².